The Kier molecular flexibility index (Phi) is 2.06. The summed E-state index contributed by atoms with van der Waals surface area (Å²) in [5.74, 6) is 0.00349. The molecule has 3 nitrogen and oxygen atoms in total. The molecule has 0 amide bonds. The van der Waals surface area contributed by atoms with E-state index in [-0.39, 0.29) is 11.5 Å². The van der Waals surface area contributed by atoms with E-state index in [2.05, 4.69) is 14.5 Å². The van der Waals surface area contributed by atoms with E-state index in [1.165, 1.54) is 6.07 Å². The lowest BCUT2D eigenvalue weighted by Crippen LogP contribution is -2.26. The first kappa shape index (κ1) is 10.4. The number of aromatic nitrogens is 1. The van der Waals surface area contributed by atoms with E-state index < -0.39 is 6.29 Å². The summed E-state index contributed by atoms with van der Waals surface area (Å²) in [7, 11) is 0. The molecule has 3 rings (SSSR count). The summed E-state index contributed by atoms with van der Waals surface area (Å²) in [6.45, 7) is 0. The number of fused-ring (bicyclic) bond motifs is 1. The lowest BCUT2D eigenvalue weighted by atomic mass is 10.1. The number of aromatic amines is 1. The maximum Gasteiger partial charge on any atom is 0.586 e. The van der Waals surface area contributed by atoms with Gasteiger partial charge < -0.3 is 14.5 Å². The minimum atomic E-state index is -3.62. The third-order valence-electron chi connectivity index (χ3n) is 2.41. The van der Waals surface area contributed by atoms with Crippen molar-refractivity contribution in [3.05, 3.63) is 35.6 Å². The van der Waals surface area contributed by atoms with Crippen LogP contribution >= 0.6 is 11.6 Å². The van der Waals surface area contributed by atoms with Crippen molar-refractivity contribution in [3.63, 3.8) is 0 Å². The topological polar surface area (TPSA) is 34.2 Å². The fourth-order valence-electron chi connectivity index (χ4n) is 1.73. The number of ether oxygens (including phenoxy) is 2. The minimum Gasteiger partial charge on any atom is -0.395 e. The van der Waals surface area contributed by atoms with Gasteiger partial charge in [-0.05, 0) is 6.07 Å². The highest BCUT2D eigenvalue weighted by molar-refractivity contribution is 6.33. The zero-order valence-electron chi connectivity index (χ0n) is 8.34. The summed E-state index contributed by atoms with van der Waals surface area (Å²) >= 11 is 5.93. The standard InChI is InChI=1S/C11H6ClF2NO2/c12-8-5-15-4-7(8)6-2-1-3-9-10(6)17-11(13,14)16-9/h1-5,15H. The maximum absolute atomic E-state index is 13.0. The summed E-state index contributed by atoms with van der Waals surface area (Å²) in [6.07, 6.45) is -0.455. The molecule has 6 heteroatoms. The van der Waals surface area contributed by atoms with Crippen molar-refractivity contribution in [2.75, 3.05) is 0 Å². The third-order valence-corrected chi connectivity index (χ3v) is 2.73. The second-order valence-electron chi connectivity index (χ2n) is 3.52. The predicted molar refractivity (Wildman–Crippen MR) is 57.4 cm³/mol. The Morgan fingerprint density at radius 2 is 1.94 bits per heavy atom. The van der Waals surface area contributed by atoms with Crippen molar-refractivity contribution in [3.8, 4) is 22.6 Å². The van der Waals surface area contributed by atoms with Crippen molar-refractivity contribution in [2.24, 2.45) is 0 Å². The van der Waals surface area contributed by atoms with Crippen molar-refractivity contribution >= 4 is 11.6 Å². The number of benzene rings is 1. The molecule has 1 aromatic carbocycles. The van der Waals surface area contributed by atoms with Crippen LogP contribution in [0.2, 0.25) is 5.02 Å². The highest BCUT2D eigenvalue weighted by Gasteiger charge is 2.44. The van der Waals surface area contributed by atoms with Crippen LogP contribution in [0.1, 0.15) is 0 Å². The Labute approximate surface area is 99.9 Å². The van der Waals surface area contributed by atoms with Gasteiger partial charge in [-0.3, -0.25) is 0 Å². The van der Waals surface area contributed by atoms with Gasteiger partial charge in [0.1, 0.15) is 0 Å². The average Bonchev–Trinajstić information content (AvgIpc) is 2.78. The fourth-order valence-corrected chi connectivity index (χ4v) is 1.95. The van der Waals surface area contributed by atoms with Crippen LogP contribution in [0, 0.1) is 0 Å². The molecule has 1 N–H and O–H groups in total. The summed E-state index contributed by atoms with van der Waals surface area (Å²) in [5.41, 5.74) is 1.05. The predicted octanol–water partition coefficient (Wildman–Crippen LogP) is 3.66. The van der Waals surface area contributed by atoms with Gasteiger partial charge in [0.05, 0.1) is 5.02 Å². The van der Waals surface area contributed by atoms with E-state index in [0.717, 1.165) is 0 Å². The molecule has 0 atom stereocenters. The second kappa shape index (κ2) is 3.37. The molecule has 0 radical (unpaired) electrons. The quantitative estimate of drug-likeness (QED) is 0.846. The Morgan fingerprint density at radius 3 is 2.65 bits per heavy atom. The van der Waals surface area contributed by atoms with Gasteiger partial charge in [-0.2, -0.15) is 0 Å². The molecule has 17 heavy (non-hydrogen) atoms. The van der Waals surface area contributed by atoms with Gasteiger partial charge in [0.25, 0.3) is 0 Å². The molecule has 2 aromatic rings. The summed E-state index contributed by atoms with van der Waals surface area (Å²) in [6, 6.07) is 4.65. The van der Waals surface area contributed by atoms with Crippen LogP contribution in [0.25, 0.3) is 11.1 Å². The lowest BCUT2D eigenvalue weighted by Gasteiger charge is -2.06. The van der Waals surface area contributed by atoms with Crippen LogP contribution in [0.3, 0.4) is 0 Å². The number of para-hydroxylation sites is 1. The zero-order chi connectivity index (χ0) is 12.0. The molecule has 0 spiro atoms. The van der Waals surface area contributed by atoms with Crippen LogP contribution in [0.5, 0.6) is 11.5 Å². The molecule has 1 aromatic heterocycles. The monoisotopic (exact) mass is 257 g/mol. The lowest BCUT2D eigenvalue weighted by molar-refractivity contribution is -0.286. The third kappa shape index (κ3) is 1.63. The van der Waals surface area contributed by atoms with Gasteiger partial charge in [-0.15, -0.1) is 8.78 Å². The Hall–Kier alpha value is -1.75. The normalized spacial score (nSPS) is 16.2. The van der Waals surface area contributed by atoms with Crippen LogP contribution in [0.15, 0.2) is 30.6 Å². The Balaban J connectivity index is 2.16. The van der Waals surface area contributed by atoms with Crippen molar-refractivity contribution in [1.82, 2.24) is 4.98 Å². The minimum absolute atomic E-state index is 0.000926. The van der Waals surface area contributed by atoms with Gasteiger partial charge in [-0.25, -0.2) is 0 Å². The maximum atomic E-state index is 13.0. The molecule has 88 valence electrons. The number of nitrogens with one attached hydrogen (secondary N) is 1. The van der Waals surface area contributed by atoms with E-state index in [1.54, 1.807) is 24.5 Å². The van der Waals surface area contributed by atoms with Gasteiger partial charge in [0, 0.05) is 23.5 Å². The number of rotatable bonds is 1. The molecule has 0 bridgehead atoms. The average molecular weight is 258 g/mol. The van der Waals surface area contributed by atoms with Crippen molar-refractivity contribution in [1.29, 1.82) is 0 Å². The molecular weight excluding hydrogens is 252 g/mol. The second-order valence-corrected chi connectivity index (χ2v) is 3.92. The van der Waals surface area contributed by atoms with E-state index in [4.69, 9.17) is 11.6 Å². The highest BCUT2D eigenvalue weighted by atomic mass is 35.5. The van der Waals surface area contributed by atoms with Crippen LogP contribution < -0.4 is 9.47 Å². The van der Waals surface area contributed by atoms with E-state index in [0.29, 0.717) is 16.1 Å². The molecule has 0 aliphatic carbocycles. The van der Waals surface area contributed by atoms with Crippen LogP contribution in [0.4, 0.5) is 8.78 Å². The molecule has 0 unspecified atom stereocenters. The summed E-state index contributed by atoms with van der Waals surface area (Å²) in [4.78, 5) is 2.79. The number of alkyl halides is 2. The molecular formula is C11H6ClF2NO2. The summed E-state index contributed by atoms with van der Waals surface area (Å²) < 4.78 is 34.8. The molecule has 1 aliphatic rings. The van der Waals surface area contributed by atoms with Gasteiger partial charge in [0.15, 0.2) is 11.5 Å². The number of hydrogen-bond acceptors (Lipinski definition) is 2. The van der Waals surface area contributed by atoms with E-state index in [1.807, 2.05) is 0 Å². The SMILES string of the molecule is FC1(F)Oc2cccc(-c3c[nH]cc3Cl)c2O1. The fraction of sp³-hybridized carbons (Fsp3) is 0.0909. The van der Waals surface area contributed by atoms with Gasteiger partial charge >= 0.3 is 6.29 Å². The Morgan fingerprint density at radius 1 is 1.12 bits per heavy atom. The number of halogens is 3. The van der Waals surface area contributed by atoms with Crippen molar-refractivity contribution < 1.29 is 18.3 Å². The smallest absolute Gasteiger partial charge is 0.395 e. The van der Waals surface area contributed by atoms with Crippen LogP contribution in [-0.4, -0.2) is 11.3 Å². The first-order valence-electron chi connectivity index (χ1n) is 4.78. The molecule has 0 saturated carbocycles. The molecule has 2 heterocycles. The van der Waals surface area contributed by atoms with Crippen molar-refractivity contribution in [2.45, 2.75) is 6.29 Å². The van der Waals surface area contributed by atoms with E-state index in [9.17, 15) is 8.78 Å². The first-order chi connectivity index (χ1) is 8.07. The molecule has 1 aliphatic heterocycles. The number of hydrogen-bond donors (Lipinski definition) is 1. The first-order valence-corrected chi connectivity index (χ1v) is 5.16. The number of H-pyrrole nitrogens is 1. The van der Waals surface area contributed by atoms with E-state index >= 15 is 0 Å². The van der Waals surface area contributed by atoms with Crippen LogP contribution in [-0.2, 0) is 0 Å². The van der Waals surface area contributed by atoms with Gasteiger partial charge in [-0.1, -0.05) is 23.7 Å². The highest BCUT2D eigenvalue weighted by Crippen LogP contribution is 2.48. The zero-order valence-corrected chi connectivity index (χ0v) is 9.09. The Bertz CT molecular complexity index is 583. The molecule has 0 saturated heterocycles. The molecule has 0 fully saturated rings. The van der Waals surface area contributed by atoms with Gasteiger partial charge in [0.2, 0.25) is 0 Å². The largest absolute Gasteiger partial charge is 0.586 e. The summed E-state index contributed by atoms with van der Waals surface area (Å²) in [5, 5.41) is 0.428.